The van der Waals surface area contributed by atoms with Crippen LogP contribution in [-0.2, 0) is 0 Å². The van der Waals surface area contributed by atoms with Crippen molar-refractivity contribution in [3.63, 3.8) is 0 Å². The van der Waals surface area contributed by atoms with Crippen LogP contribution in [0.5, 0.6) is 11.5 Å². The van der Waals surface area contributed by atoms with E-state index in [0.29, 0.717) is 29.2 Å². The molecule has 8 heteroatoms. The van der Waals surface area contributed by atoms with Gasteiger partial charge >= 0.3 is 6.03 Å². The maximum absolute atomic E-state index is 11.6. The average molecular weight is 329 g/mol. The summed E-state index contributed by atoms with van der Waals surface area (Å²) in [6.45, 7) is 0. The summed E-state index contributed by atoms with van der Waals surface area (Å²) in [5.74, 6) is 2.21. The normalized spacial score (nSPS) is 13.1. The number of methoxy groups -OCH3 is 2. The second-order valence-electron chi connectivity index (χ2n) is 5.37. The Morgan fingerprint density at radius 2 is 1.75 bits per heavy atom. The van der Waals surface area contributed by atoms with Gasteiger partial charge in [0.25, 0.3) is 0 Å². The second kappa shape index (κ2) is 7.03. The first-order valence-corrected chi connectivity index (χ1v) is 7.58. The Morgan fingerprint density at radius 3 is 2.38 bits per heavy atom. The van der Waals surface area contributed by atoms with Gasteiger partial charge < -0.3 is 20.1 Å². The first-order valence-electron chi connectivity index (χ1n) is 7.58. The third-order valence-electron chi connectivity index (χ3n) is 3.47. The maximum Gasteiger partial charge on any atom is 0.320 e. The molecule has 3 rings (SSSR count). The first-order chi connectivity index (χ1) is 11.7. The van der Waals surface area contributed by atoms with E-state index in [0.717, 1.165) is 18.5 Å². The SMILES string of the molecule is COc1ccc(Nc2ccc(NC(=O)NC3CC3)nn2)cc1OC. The highest BCUT2D eigenvalue weighted by Crippen LogP contribution is 2.30. The van der Waals surface area contributed by atoms with Gasteiger partial charge in [-0.15, -0.1) is 10.2 Å². The molecule has 0 atom stereocenters. The fourth-order valence-corrected chi connectivity index (χ4v) is 2.09. The number of aromatic nitrogens is 2. The zero-order valence-corrected chi connectivity index (χ0v) is 13.5. The summed E-state index contributed by atoms with van der Waals surface area (Å²) >= 11 is 0. The summed E-state index contributed by atoms with van der Waals surface area (Å²) in [6, 6.07) is 8.90. The number of nitrogens with one attached hydrogen (secondary N) is 3. The molecule has 0 unspecified atom stereocenters. The predicted molar refractivity (Wildman–Crippen MR) is 90.0 cm³/mol. The number of carbonyl (C=O) groups is 1. The molecule has 0 radical (unpaired) electrons. The fraction of sp³-hybridized carbons (Fsp3) is 0.312. The van der Waals surface area contributed by atoms with Crippen molar-refractivity contribution >= 4 is 23.4 Å². The van der Waals surface area contributed by atoms with Gasteiger partial charge in [0.2, 0.25) is 0 Å². The summed E-state index contributed by atoms with van der Waals surface area (Å²) in [5, 5.41) is 16.6. The number of rotatable bonds is 6. The summed E-state index contributed by atoms with van der Waals surface area (Å²) in [5.41, 5.74) is 0.786. The molecule has 8 nitrogen and oxygen atoms in total. The fourth-order valence-electron chi connectivity index (χ4n) is 2.09. The molecule has 1 aliphatic carbocycles. The largest absolute Gasteiger partial charge is 0.493 e. The second-order valence-corrected chi connectivity index (χ2v) is 5.37. The highest BCUT2D eigenvalue weighted by Gasteiger charge is 2.23. The highest BCUT2D eigenvalue weighted by molar-refractivity contribution is 5.88. The quantitative estimate of drug-likeness (QED) is 0.753. The van der Waals surface area contributed by atoms with Gasteiger partial charge in [0.05, 0.1) is 14.2 Å². The molecule has 0 bridgehead atoms. The standard InChI is InChI=1S/C16H19N5O3/c1-23-12-6-5-11(9-13(12)24-2)17-14-7-8-15(21-20-14)19-16(22)18-10-3-4-10/h5-10H,3-4H2,1-2H3,(H,17,20)(H2,18,19,21,22). The van der Waals surface area contributed by atoms with E-state index < -0.39 is 0 Å². The molecule has 1 aromatic heterocycles. The van der Waals surface area contributed by atoms with Gasteiger partial charge in [-0.05, 0) is 37.1 Å². The van der Waals surface area contributed by atoms with Crippen LogP contribution in [0.4, 0.5) is 22.1 Å². The Kier molecular flexibility index (Phi) is 4.64. The van der Waals surface area contributed by atoms with Crippen LogP contribution in [-0.4, -0.2) is 36.5 Å². The molecular formula is C16H19N5O3. The van der Waals surface area contributed by atoms with Crippen LogP contribution in [0.15, 0.2) is 30.3 Å². The van der Waals surface area contributed by atoms with Crippen LogP contribution >= 0.6 is 0 Å². The van der Waals surface area contributed by atoms with Gasteiger partial charge in [-0.2, -0.15) is 0 Å². The van der Waals surface area contributed by atoms with E-state index in [-0.39, 0.29) is 6.03 Å². The smallest absolute Gasteiger partial charge is 0.320 e. The summed E-state index contributed by atoms with van der Waals surface area (Å²) in [6.07, 6.45) is 2.07. The van der Waals surface area contributed by atoms with E-state index in [1.807, 2.05) is 6.07 Å². The Hall–Kier alpha value is -3.03. The van der Waals surface area contributed by atoms with Crippen molar-refractivity contribution in [3.05, 3.63) is 30.3 Å². The summed E-state index contributed by atoms with van der Waals surface area (Å²) in [7, 11) is 3.16. The Morgan fingerprint density at radius 1 is 1.04 bits per heavy atom. The third kappa shape index (κ3) is 4.03. The van der Waals surface area contributed by atoms with Crippen LogP contribution < -0.4 is 25.4 Å². The van der Waals surface area contributed by atoms with Gasteiger partial charge in [0.15, 0.2) is 23.1 Å². The number of hydrogen-bond acceptors (Lipinski definition) is 6. The average Bonchev–Trinajstić information content (AvgIpc) is 3.40. The van der Waals surface area contributed by atoms with Gasteiger partial charge in [-0.25, -0.2) is 4.79 Å². The topological polar surface area (TPSA) is 97.4 Å². The minimum Gasteiger partial charge on any atom is -0.493 e. The van der Waals surface area contributed by atoms with Crippen molar-refractivity contribution in [1.29, 1.82) is 0 Å². The van der Waals surface area contributed by atoms with Gasteiger partial charge in [0.1, 0.15) is 0 Å². The van der Waals surface area contributed by atoms with Crippen LogP contribution in [0.1, 0.15) is 12.8 Å². The van der Waals surface area contributed by atoms with E-state index in [1.54, 1.807) is 38.5 Å². The number of hydrogen-bond donors (Lipinski definition) is 3. The van der Waals surface area contributed by atoms with Crippen LogP contribution in [0.2, 0.25) is 0 Å². The van der Waals surface area contributed by atoms with Crippen LogP contribution in [0.25, 0.3) is 0 Å². The van der Waals surface area contributed by atoms with Crippen molar-refractivity contribution < 1.29 is 14.3 Å². The predicted octanol–water partition coefficient (Wildman–Crippen LogP) is 2.52. The zero-order valence-electron chi connectivity index (χ0n) is 13.5. The molecule has 1 aromatic carbocycles. The number of amides is 2. The Balaban J connectivity index is 1.62. The molecule has 1 fully saturated rings. The molecule has 1 heterocycles. The number of urea groups is 1. The Labute approximate surface area is 139 Å². The number of ether oxygens (including phenoxy) is 2. The van der Waals surface area contributed by atoms with E-state index in [4.69, 9.17) is 9.47 Å². The van der Waals surface area contributed by atoms with E-state index in [9.17, 15) is 4.79 Å². The molecule has 0 aliphatic heterocycles. The number of nitrogens with zero attached hydrogens (tertiary/aromatic N) is 2. The first kappa shape index (κ1) is 15.9. The lowest BCUT2D eigenvalue weighted by molar-refractivity contribution is 0.251. The Bertz CT molecular complexity index is 716. The van der Waals surface area contributed by atoms with Crippen molar-refractivity contribution in [1.82, 2.24) is 15.5 Å². The lowest BCUT2D eigenvalue weighted by atomic mass is 10.2. The lowest BCUT2D eigenvalue weighted by Gasteiger charge is -2.11. The summed E-state index contributed by atoms with van der Waals surface area (Å²) < 4.78 is 10.5. The molecule has 0 saturated heterocycles. The lowest BCUT2D eigenvalue weighted by Crippen LogP contribution is -2.30. The number of carbonyl (C=O) groups excluding carboxylic acids is 1. The van der Waals surface area contributed by atoms with Crippen LogP contribution in [0, 0.1) is 0 Å². The monoisotopic (exact) mass is 329 g/mol. The minimum atomic E-state index is -0.257. The van der Waals surface area contributed by atoms with Crippen LogP contribution in [0.3, 0.4) is 0 Å². The van der Waals surface area contributed by atoms with Gasteiger partial charge in [-0.1, -0.05) is 0 Å². The number of benzene rings is 1. The van der Waals surface area contributed by atoms with Gasteiger partial charge in [-0.3, -0.25) is 5.32 Å². The van der Waals surface area contributed by atoms with Crippen molar-refractivity contribution in [2.24, 2.45) is 0 Å². The summed E-state index contributed by atoms with van der Waals surface area (Å²) in [4.78, 5) is 11.6. The molecule has 3 N–H and O–H groups in total. The number of anilines is 3. The molecule has 126 valence electrons. The molecular weight excluding hydrogens is 310 g/mol. The van der Waals surface area contributed by atoms with Crippen molar-refractivity contribution in [2.75, 3.05) is 24.9 Å². The van der Waals surface area contributed by atoms with Crippen molar-refractivity contribution in [2.45, 2.75) is 18.9 Å². The molecule has 1 saturated carbocycles. The molecule has 24 heavy (non-hydrogen) atoms. The highest BCUT2D eigenvalue weighted by atomic mass is 16.5. The molecule has 2 aromatic rings. The minimum absolute atomic E-state index is 0.257. The molecule has 2 amide bonds. The van der Waals surface area contributed by atoms with Gasteiger partial charge in [0, 0.05) is 17.8 Å². The molecule has 0 spiro atoms. The van der Waals surface area contributed by atoms with E-state index in [1.165, 1.54) is 0 Å². The molecule has 1 aliphatic rings. The van der Waals surface area contributed by atoms with E-state index in [2.05, 4.69) is 26.1 Å². The third-order valence-corrected chi connectivity index (χ3v) is 3.47. The zero-order chi connectivity index (χ0) is 16.9. The maximum atomic E-state index is 11.6. The van der Waals surface area contributed by atoms with E-state index >= 15 is 0 Å². The van der Waals surface area contributed by atoms with Crippen molar-refractivity contribution in [3.8, 4) is 11.5 Å².